The molecule has 1 fully saturated rings. The molecule has 0 radical (unpaired) electrons. The fraction of sp³-hybridized carbons (Fsp3) is 0.471. The predicted molar refractivity (Wildman–Crippen MR) is 86.4 cm³/mol. The minimum atomic E-state index is -0.0232. The Labute approximate surface area is 126 Å². The Hall–Kier alpha value is -1.99. The molecule has 4 heteroatoms. The van der Waals surface area contributed by atoms with Crippen molar-refractivity contribution in [1.82, 2.24) is 10.2 Å². The van der Waals surface area contributed by atoms with Gasteiger partial charge < -0.3 is 10.6 Å². The standard InChI is InChI=1S/C17H23N3O/c1-3-10-20-11-8-15(9-12-20)19-16-7-5-6-14(13-16)17(21)18-4-2/h1,5-7,13,15,19H,4,8-12H2,2H3,(H,18,21). The molecule has 1 amide bonds. The van der Waals surface area contributed by atoms with Crippen LogP contribution in [0.15, 0.2) is 24.3 Å². The van der Waals surface area contributed by atoms with Crippen LogP contribution in [0.1, 0.15) is 30.1 Å². The Morgan fingerprint density at radius 2 is 2.19 bits per heavy atom. The molecule has 1 aromatic rings. The Morgan fingerprint density at radius 1 is 1.43 bits per heavy atom. The molecule has 0 bridgehead atoms. The molecule has 4 nitrogen and oxygen atoms in total. The van der Waals surface area contributed by atoms with Crippen molar-refractivity contribution in [3.8, 4) is 12.3 Å². The van der Waals surface area contributed by atoms with Crippen molar-refractivity contribution < 1.29 is 4.79 Å². The van der Waals surface area contributed by atoms with E-state index in [1.165, 1.54) is 0 Å². The third-order valence-corrected chi connectivity index (χ3v) is 3.74. The molecule has 0 saturated carbocycles. The second-order valence-electron chi connectivity index (χ2n) is 5.34. The van der Waals surface area contributed by atoms with E-state index in [0.717, 1.165) is 38.2 Å². The monoisotopic (exact) mass is 285 g/mol. The summed E-state index contributed by atoms with van der Waals surface area (Å²) in [6.07, 6.45) is 7.49. The summed E-state index contributed by atoms with van der Waals surface area (Å²) in [5.41, 5.74) is 1.71. The summed E-state index contributed by atoms with van der Waals surface area (Å²) >= 11 is 0. The van der Waals surface area contributed by atoms with E-state index in [-0.39, 0.29) is 5.91 Å². The molecule has 2 N–H and O–H groups in total. The minimum Gasteiger partial charge on any atom is -0.382 e. The van der Waals surface area contributed by atoms with Gasteiger partial charge in [0.1, 0.15) is 0 Å². The van der Waals surface area contributed by atoms with Crippen LogP contribution in [0, 0.1) is 12.3 Å². The number of nitrogens with zero attached hydrogens (tertiary/aromatic N) is 1. The maximum atomic E-state index is 11.8. The molecule has 1 aromatic carbocycles. The zero-order chi connectivity index (χ0) is 15.1. The van der Waals surface area contributed by atoms with Crippen LogP contribution in [0.4, 0.5) is 5.69 Å². The minimum absolute atomic E-state index is 0.0232. The number of rotatable bonds is 5. The second kappa shape index (κ2) is 7.70. The largest absolute Gasteiger partial charge is 0.382 e. The quantitative estimate of drug-likeness (QED) is 0.813. The molecule has 2 rings (SSSR count). The van der Waals surface area contributed by atoms with Gasteiger partial charge in [-0.2, -0.15) is 0 Å². The smallest absolute Gasteiger partial charge is 0.251 e. The van der Waals surface area contributed by atoms with Crippen LogP contribution in [-0.2, 0) is 0 Å². The van der Waals surface area contributed by atoms with Gasteiger partial charge in [0.05, 0.1) is 6.54 Å². The molecule has 1 heterocycles. The average molecular weight is 285 g/mol. The van der Waals surface area contributed by atoms with Crippen molar-refractivity contribution in [1.29, 1.82) is 0 Å². The summed E-state index contributed by atoms with van der Waals surface area (Å²) < 4.78 is 0. The van der Waals surface area contributed by atoms with E-state index in [1.807, 2.05) is 31.2 Å². The highest BCUT2D eigenvalue weighted by Crippen LogP contribution is 2.17. The van der Waals surface area contributed by atoms with Gasteiger partial charge in [0.2, 0.25) is 0 Å². The van der Waals surface area contributed by atoms with E-state index in [9.17, 15) is 4.79 Å². The normalized spacial score (nSPS) is 16.2. The van der Waals surface area contributed by atoms with E-state index in [0.29, 0.717) is 18.2 Å². The molecule has 1 aliphatic heterocycles. The second-order valence-corrected chi connectivity index (χ2v) is 5.34. The number of hydrogen-bond acceptors (Lipinski definition) is 3. The summed E-state index contributed by atoms with van der Waals surface area (Å²) in [7, 11) is 0. The first kappa shape index (κ1) is 15.4. The fourth-order valence-corrected chi connectivity index (χ4v) is 2.61. The van der Waals surface area contributed by atoms with Gasteiger partial charge in [-0.1, -0.05) is 12.0 Å². The molecule has 21 heavy (non-hydrogen) atoms. The van der Waals surface area contributed by atoms with E-state index in [2.05, 4.69) is 21.5 Å². The van der Waals surface area contributed by atoms with Crippen molar-refractivity contribution in [2.75, 3.05) is 31.5 Å². The van der Waals surface area contributed by atoms with Crippen molar-refractivity contribution in [3.05, 3.63) is 29.8 Å². The molecule has 1 saturated heterocycles. The number of amides is 1. The zero-order valence-corrected chi connectivity index (χ0v) is 12.6. The highest BCUT2D eigenvalue weighted by Gasteiger charge is 2.18. The lowest BCUT2D eigenvalue weighted by atomic mass is 10.0. The van der Waals surface area contributed by atoms with Crippen LogP contribution in [0.5, 0.6) is 0 Å². The van der Waals surface area contributed by atoms with Crippen molar-refractivity contribution in [3.63, 3.8) is 0 Å². The number of hydrogen-bond donors (Lipinski definition) is 2. The third-order valence-electron chi connectivity index (χ3n) is 3.74. The highest BCUT2D eigenvalue weighted by molar-refractivity contribution is 5.95. The first-order chi connectivity index (χ1) is 10.2. The highest BCUT2D eigenvalue weighted by atomic mass is 16.1. The van der Waals surface area contributed by atoms with Crippen molar-refractivity contribution in [2.45, 2.75) is 25.8 Å². The number of likely N-dealkylation sites (tertiary alicyclic amines) is 1. The predicted octanol–water partition coefficient (Wildman–Crippen LogP) is 1.95. The van der Waals surface area contributed by atoms with E-state index < -0.39 is 0 Å². The van der Waals surface area contributed by atoms with E-state index in [4.69, 9.17) is 6.42 Å². The van der Waals surface area contributed by atoms with Crippen LogP contribution in [0.25, 0.3) is 0 Å². The van der Waals surface area contributed by atoms with E-state index in [1.54, 1.807) is 0 Å². The summed E-state index contributed by atoms with van der Waals surface area (Å²) in [4.78, 5) is 14.1. The summed E-state index contributed by atoms with van der Waals surface area (Å²) in [5.74, 6) is 2.67. The lowest BCUT2D eigenvalue weighted by Crippen LogP contribution is -2.39. The third kappa shape index (κ3) is 4.51. The van der Waals surface area contributed by atoms with Gasteiger partial charge in [0.25, 0.3) is 5.91 Å². The topological polar surface area (TPSA) is 44.4 Å². The number of nitrogens with one attached hydrogen (secondary N) is 2. The number of terminal acetylenes is 1. The SMILES string of the molecule is C#CCN1CCC(Nc2cccc(C(=O)NCC)c2)CC1. The number of piperidine rings is 1. The summed E-state index contributed by atoms with van der Waals surface area (Å²) in [5, 5.41) is 6.34. The lowest BCUT2D eigenvalue weighted by molar-refractivity contribution is 0.0956. The first-order valence-electron chi connectivity index (χ1n) is 7.53. The average Bonchev–Trinajstić information content (AvgIpc) is 2.50. The van der Waals surface area contributed by atoms with Gasteiger partial charge >= 0.3 is 0 Å². The van der Waals surface area contributed by atoms with Gasteiger partial charge in [-0.15, -0.1) is 6.42 Å². The Balaban J connectivity index is 1.90. The lowest BCUT2D eigenvalue weighted by Gasteiger charge is -2.31. The maximum Gasteiger partial charge on any atom is 0.251 e. The Morgan fingerprint density at radius 3 is 2.86 bits per heavy atom. The van der Waals surface area contributed by atoms with Crippen molar-refractivity contribution in [2.24, 2.45) is 0 Å². The van der Waals surface area contributed by atoms with Gasteiger partial charge in [0.15, 0.2) is 0 Å². The number of carbonyl (C=O) groups excluding carboxylic acids is 1. The maximum absolute atomic E-state index is 11.8. The molecular formula is C17H23N3O. The van der Waals surface area contributed by atoms with Gasteiger partial charge in [-0.05, 0) is 38.0 Å². The number of anilines is 1. The molecule has 0 aromatic heterocycles. The van der Waals surface area contributed by atoms with Gasteiger partial charge in [-0.3, -0.25) is 9.69 Å². The van der Waals surface area contributed by atoms with E-state index >= 15 is 0 Å². The molecule has 0 spiro atoms. The van der Waals surface area contributed by atoms with Gasteiger partial charge in [0, 0.05) is 36.9 Å². The molecule has 0 aliphatic carbocycles. The molecular weight excluding hydrogens is 262 g/mol. The fourth-order valence-electron chi connectivity index (χ4n) is 2.61. The van der Waals surface area contributed by atoms with Crippen LogP contribution >= 0.6 is 0 Å². The molecule has 1 aliphatic rings. The number of benzene rings is 1. The van der Waals surface area contributed by atoms with Crippen LogP contribution in [0.3, 0.4) is 0 Å². The zero-order valence-electron chi connectivity index (χ0n) is 12.6. The van der Waals surface area contributed by atoms with Crippen molar-refractivity contribution >= 4 is 11.6 Å². The number of carbonyl (C=O) groups is 1. The van der Waals surface area contributed by atoms with Crippen LogP contribution < -0.4 is 10.6 Å². The van der Waals surface area contributed by atoms with Crippen LogP contribution in [-0.4, -0.2) is 43.0 Å². The van der Waals surface area contributed by atoms with Gasteiger partial charge in [-0.25, -0.2) is 0 Å². The summed E-state index contributed by atoms with van der Waals surface area (Å²) in [6, 6.07) is 8.13. The summed E-state index contributed by atoms with van der Waals surface area (Å²) in [6.45, 7) is 5.35. The Kier molecular flexibility index (Phi) is 5.65. The molecule has 0 atom stereocenters. The van der Waals surface area contributed by atoms with Crippen LogP contribution in [0.2, 0.25) is 0 Å². The first-order valence-corrected chi connectivity index (χ1v) is 7.53. The molecule has 112 valence electrons. The Bertz CT molecular complexity index is 513. The molecule has 0 unspecified atom stereocenters.